The zero-order chi connectivity index (χ0) is 44.4. The van der Waals surface area contributed by atoms with Gasteiger partial charge in [-0.1, -0.05) is 243 Å². The number of hydrogen-bond donors (Lipinski definition) is 0. The average molecular weight is 857 g/mol. The van der Waals surface area contributed by atoms with Gasteiger partial charge in [-0.15, -0.1) is 0 Å². The van der Waals surface area contributed by atoms with E-state index in [1.165, 1.54) is 141 Å². The Labute approximate surface area is 378 Å². The molecule has 0 aliphatic heterocycles. The molecule has 0 heterocycles. The predicted octanol–water partition coefficient (Wildman–Crippen LogP) is 17.3. The summed E-state index contributed by atoms with van der Waals surface area (Å²) < 4.78 is 16.8. The highest BCUT2D eigenvalue weighted by molar-refractivity contribution is 5.71. The fourth-order valence-corrected chi connectivity index (χ4v) is 7.69. The van der Waals surface area contributed by atoms with Crippen LogP contribution in [0, 0.1) is 0 Å². The number of allylic oxidation sites excluding steroid dienone is 6. The summed E-state index contributed by atoms with van der Waals surface area (Å²) in [4.78, 5) is 38.0. The first-order chi connectivity index (χ1) is 30.0. The van der Waals surface area contributed by atoms with Crippen LogP contribution in [0.2, 0.25) is 0 Å². The smallest absolute Gasteiger partial charge is 0.306 e. The zero-order valence-corrected chi connectivity index (χ0v) is 40.7. The second-order valence-corrected chi connectivity index (χ2v) is 17.8. The van der Waals surface area contributed by atoms with Crippen molar-refractivity contribution in [3.8, 4) is 0 Å². The Hall–Kier alpha value is -2.37. The number of rotatable bonds is 48. The molecule has 0 amide bonds. The number of carbonyl (C=O) groups is 3. The second kappa shape index (κ2) is 50.3. The van der Waals surface area contributed by atoms with Gasteiger partial charge >= 0.3 is 17.9 Å². The molecule has 0 fully saturated rings. The van der Waals surface area contributed by atoms with Crippen molar-refractivity contribution in [2.45, 2.75) is 284 Å². The molecule has 356 valence electrons. The van der Waals surface area contributed by atoms with E-state index in [4.69, 9.17) is 14.2 Å². The topological polar surface area (TPSA) is 78.9 Å². The molecule has 0 aliphatic rings. The van der Waals surface area contributed by atoms with Gasteiger partial charge in [-0.3, -0.25) is 14.4 Å². The van der Waals surface area contributed by atoms with Crippen LogP contribution in [-0.2, 0) is 28.6 Å². The summed E-state index contributed by atoms with van der Waals surface area (Å²) in [5.41, 5.74) is 0. The Morgan fingerprint density at radius 1 is 0.344 bits per heavy atom. The molecule has 0 aromatic heterocycles. The van der Waals surface area contributed by atoms with E-state index in [2.05, 4.69) is 57.2 Å². The van der Waals surface area contributed by atoms with E-state index in [9.17, 15) is 14.4 Å². The third-order valence-electron chi connectivity index (χ3n) is 11.7. The van der Waals surface area contributed by atoms with E-state index in [-0.39, 0.29) is 31.1 Å². The van der Waals surface area contributed by atoms with Crippen molar-refractivity contribution >= 4 is 17.9 Å². The predicted molar refractivity (Wildman–Crippen MR) is 261 cm³/mol. The van der Waals surface area contributed by atoms with Gasteiger partial charge in [0.2, 0.25) is 0 Å². The molecule has 0 aliphatic carbocycles. The van der Waals surface area contributed by atoms with E-state index in [0.717, 1.165) is 96.3 Å². The molecule has 1 unspecified atom stereocenters. The highest BCUT2D eigenvalue weighted by Gasteiger charge is 2.19. The molecule has 1 atom stereocenters. The maximum atomic E-state index is 12.8. The molecular formula is C55H100O6. The summed E-state index contributed by atoms with van der Waals surface area (Å²) >= 11 is 0. The van der Waals surface area contributed by atoms with E-state index in [1.54, 1.807) is 0 Å². The molecule has 0 bridgehead atoms. The number of hydrogen-bond acceptors (Lipinski definition) is 6. The normalized spacial score (nSPS) is 12.2. The lowest BCUT2D eigenvalue weighted by Gasteiger charge is -2.18. The van der Waals surface area contributed by atoms with Crippen LogP contribution in [0.25, 0.3) is 0 Å². The third kappa shape index (κ3) is 48.5. The Morgan fingerprint density at radius 2 is 0.639 bits per heavy atom. The van der Waals surface area contributed by atoms with Crippen molar-refractivity contribution in [2.75, 3.05) is 13.2 Å². The third-order valence-corrected chi connectivity index (χ3v) is 11.7. The Morgan fingerprint density at radius 3 is 1.00 bits per heavy atom. The van der Waals surface area contributed by atoms with Gasteiger partial charge in [0.25, 0.3) is 0 Å². The van der Waals surface area contributed by atoms with Crippen LogP contribution >= 0.6 is 0 Å². The average Bonchev–Trinajstić information content (AvgIpc) is 3.26. The van der Waals surface area contributed by atoms with Crippen LogP contribution in [0.4, 0.5) is 0 Å². The molecule has 0 radical (unpaired) electrons. The molecule has 0 spiro atoms. The zero-order valence-electron chi connectivity index (χ0n) is 40.7. The molecule has 6 heteroatoms. The second-order valence-electron chi connectivity index (χ2n) is 17.8. The van der Waals surface area contributed by atoms with Crippen molar-refractivity contribution in [2.24, 2.45) is 0 Å². The van der Waals surface area contributed by atoms with Crippen LogP contribution in [-0.4, -0.2) is 37.2 Å². The first kappa shape index (κ1) is 58.6. The van der Waals surface area contributed by atoms with Gasteiger partial charge in [0.1, 0.15) is 13.2 Å². The van der Waals surface area contributed by atoms with Gasteiger partial charge in [-0.2, -0.15) is 0 Å². The first-order valence-corrected chi connectivity index (χ1v) is 26.5. The Balaban J connectivity index is 4.36. The van der Waals surface area contributed by atoms with Crippen molar-refractivity contribution in [1.82, 2.24) is 0 Å². The largest absolute Gasteiger partial charge is 0.462 e. The van der Waals surface area contributed by atoms with Crippen molar-refractivity contribution in [3.63, 3.8) is 0 Å². The van der Waals surface area contributed by atoms with Gasteiger partial charge in [0, 0.05) is 19.3 Å². The van der Waals surface area contributed by atoms with Crippen molar-refractivity contribution < 1.29 is 28.6 Å². The highest BCUT2D eigenvalue weighted by atomic mass is 16.6. The molecule has 6 nitrogen and oxygen atoms in total. The number of esters is 3. The highest BCUT2D eigenvalue weighted by Crippen LogP contribution is 2.16. The maximum Gasteiger partial charge on any atom is 0.306 e. The van der Waals surface area contributed by atoms with E-state index >= 15 is 0 Å². The van der Waals surface area contributed by atoms with Crippen LogP contribution in [0.15, 0.2) is 36.5 Å². The monoisotopic (exact) mass is 857 g/mol. The molecule has 0 aromatic carbocycles. The molecule has 61 heavy (non-hydrogen) atoms. The summed E-state index contributed by atoms with van der Waals surface area (Å²) in [7, 11) is 0. The first-order valence-electron chi connectivity index (χ1n) is 26.5. The standard InChI is InChI=1S/C55H100O6/c1-4-7-10-13-16-19-22-25-27-30-32-35-38-41-44-47-53(56)59-50-52(61-55(58)49-46-43-40-37-34-29-24-21-18-15-12-9-6-3)51-60-54(57)48-45-42-39-36-33-31-28-26-23-20-17-14-11-8-5-2/h7,10,16,19,25,27,52H,4-6,8-9,11-15,17-18,20-24,26,28-51H2,1-3H3. The number of ether oxygens (including phenoxy) is 3. The quantitative estimate of drug-likeness (QED) is 0.0262. The van der Waals surface area contributed by atoms with Gasteiger partial charge in [-0.05, 0) is 51.4 Å². The van der Waals surface area contributed by atoms with Gasteiger partial charge in [0.05, 0.1) is 0 Å². The van der Waals surface area contributed by atoms with Crippen LogP contribution in [0.3, 0.4) is 0 Å². The van der Waals surface area contributed by atoms with E-state index in [0.29, 0.717) is 19.3 Å². The van der Waals surface area contributed by atoms with E-state index in [1.807, 2.05) is 0 Å². The summed E-state index contributed by atoms with van der Waals surface area (Å²) in [6, 6.07) is 0. The molecule has 0 saturated carbocycles. The van der Waals surface area contributed by atoms with E-state index < -0.39 is 6.10 Å². The molecule has 0 aromatic rings. The van der Waals surface area contributed by atoms with Crippen molar-refractivity contribution in [3.05, 3.63) is 36.5 Å². The van der Waals surface area contributed by atoms with Crippen molar-refractivity contribution in [1.29, 1.82) is 0 Å². The lowest BCUT2D eigenvalue weighted by Crippen LogP contribution is -2.30. The minimum atomic E-state index is -0.773. The Kier molecular flexibility index (Phi) is 48.3. The van der Waals surface area contributed by atoms with Gasteiger partial charge in [0.15, 0.2) is 6.10 Å². The maximum absolute atomic E-state index is 12.8. The van der Waals surface area contributed by atoms with Crippen LogP contribution in [0.5, 0.6) is 0 Å². The summed E-state index contributed by atoms with van der Waals surface area (Å²) in [6.45, 7) is 6.54. The fraction of sp³-hybridized carbons (Fsp3) is 0.836. The lowest BCUT2D eigenvalue weighted by molar-refractivity contribution is -0.167. The fourth-order valence-electron chi connectivity index (χ4n) is 7.69. The minimum absolute atomic E-state index is 0.0732. The van der Waals surface area contributed by atoms with Gasteiger partial charge in [-0.25, -0.2) is 0 Å². The SMILES string of the molecule is CCC=CCC=CCC=CCCCCCCCC(=O)OCC(COC(=O)CCCCCCCCCCCCCCCCC)OC(=O)CCCCCCCCCCCCCCC. The van der Waals surface area contributed by atoms with Gasteiger partial charge < -0.3 is 14.2 Å². The minimum Gasteiger partial charge on any atom is -0.462 e. The Bertz CT molecular complexity index is 1030. The summed E-state index contributed by atoms with van der Waals surface area (Å²) in [5, 5.41) is 0. The molecule has 0 rings (SSSR count). The van der Waals surface area contributed by atoms with Crippen LogP contribution in [0.1, 0.15) is 278 Å². The molecular weight excluding hydrogens is 757 g/mol. The number of carbonyl (C=O) groups excluding carboxylic acids is 3. The molecule has 0 saturated heterocycles. The number of unbranched alkanes of at least 4 members (excludes halogenated alkanes) is 31. The molecule has 0 N–H and O–H groups in total. The summed E-state index contributed by atoms with van der Waals surface area (Å²) in [5.74, 6) is -0.877. The lowest BCUT2D eigenvalue weighted by atomic mass is 10.0. The summed E-state index contributed by atoms with van der Waals surface area (Å²) in [6.07, 6.45) is 58.4. The van der Waals surface area contributed by atoms with Crippen LogP contribution < -0.4 is 0 Å².